The normalized spacial score (nSPS) is 29.9. The molecule has 1 atom stereocenters. The topological polar surface area (TPSA) is 12.0 Å². The third kappa shape index (κ3) is 4.35. The van der Waals surface area contributed by atoms with Crippen LogP contribution < -0.4 is 5.32 Å². The molecule has 0 aromatic heterocycles. The summed E-state index contributed by atoms with van der Waals surface area (Å²) >= 11 is 0. The van der Waals surface area contributed by atoms with Crippen molar-refractivity contribution in [3.63, 3.8) is 0 Å². The van der Waals surface area contributed by atoms with Crippen molar-refractivity contribution in [2.75, 3.05) is 6.54 Å². The number of rotatable bonds is 5. The van der Waals surface area contributed by atoms with Crippen LogP contribution in [-0.4, -0.2) is 12.6 Å². The Balaban J connectivity index is 1.96. The zero-order valence-corrected chi connectivity index (χ0v) is 14.0. The third-order valence-corrected chi connectivity index (χ3v) is 5.63. The predicted molar refractivity (Wildman–Crippen MR) is 88.9 cm³/mol. The van der Waals surface area contributed by atoms with Gasteiger partial charge in [-0.05, 0) is 75.7 Å². The van der Waals surface area contributed by atoms with Crippen LogP contribution in [0.1, 0.15) is 78.6 Å². The summed E-state index contributed by atoms with van der Waals surface area (Å²) in [5.41, 5.74) is 1.75. The lowest BCUT2D eigenvalue weighted by Crippen LogP contribution is -2.40. The summed E-state index contributed by atoms with van der Waals surface area (Å²) in [6.07, 6.45) is 15.3. The van der Waals surface area contributed by atoms with E-state index in [0.717, 1.165) is 24.3 Å². The van der Waals surface area contributed by atoms with Crippen LogP contribution >= 0.6 is 0 Å². The van der Waals surface area contributed by atoms with E-state index in [1.807, 2.05) is 0 Å². The average molecular weight is 277 g/mol. The molecular weight excluding hydrogens is 242 g/mol. The molecule has 2 aliphatic rings. The summed E-state index contributed by atoms with van der Waals surface area (Å²) in [7, 11) is 0. The zero-order valence-electron chi connectivity index (χ0n) is 14.0. The number of likely N-dealkylation sites (N-methyl/N-ethyl adjacent to an activating group) is 1. The van der Waals surface area contributed by atoms with Gasteiger partial charge in [0.2, 0.25) is 0 Å². The minimum Gasteiger partial charge on any atom is -0.310 e. The van der Waals surface area contributed by atoms with E-state index in [4.69, 9.17) is 0 Å². The van der Waals surface area contributed by atoms with Crippen molar-refractivity contribution in [2.45, 2.75) is 84.6 Å². The van der Waals surface area contributed by atoms with Gasteiger partial charge in [0.15, 0.2) is 0 Å². The van der Waals surface area contributed by atoms with E-state index in [-0.39, 0.29) is 0 Å². The van der Waals surface area contributed by atoms with Gasteiger partial charge in [-0.1, -0.05) is 38.8 Å². The molecule has 1 fully saturated rings. The maximum Gasteiger partial charge on any atom is 0.0307 e. The van der Waals surface area contributed by atoms with Crippen LogP contribution in [0.3, 0.4) is 0 Å². The molecule has 0 aromatic carbocycles. The standard InChI is InChI=1S/C19H35N/c1-4-20-19(17-9-7-5-6-8-10-17)18-13-11-16(12-14-18)15(2)3/h9,15-16,18-20H,4-8,10-14H2,1-3H3. The molecule has 20 heavy (non-hydrogen) atoms. The molecule has 1 N–H and O–H groups in total. The first kappa shape index (κ1) is 16.1. The van der Waals surface area contributed by atoms with Crippen LogP contribution in [0.15, 0.2) is 11.6 Å². The van der Waals surface area contributed by atoms with Gasteiger partial charge in [0.05, 0.1) is 0 Å². The fourth-order valence-electron chi connectivity index (χ4n) is 4.29. The van der Waals surface area contributed by atoms with Crippen LogP contribution in [0.2, 0.25) is 0 Å². The Morgan fingerprint density at radius 2 is 1.75 bits per heavy atom. The molecule has 1 unspecified atom stereocenters. The van der Waals surface area contributed by atoms with Crippen LogP contribution in [0, 0.1) is 17.8 Å². The molecule has 0 aromatic rings. The summed E-state index contributed by atoms with van der Waals surface area (Å²) in [4.78, 5) is 0. The first-order valence-electron chi connectivity index (χ1n) is 9.14. The number of hydrogen-bond acceptors (Lipinski definition) is 1. The van der Waals surface area contributed by atoms with Gasteiger partial charge in [-0.2, -0.15) is 0 Å². The second kappa shape index (κ2) is 8.22. The van der Waals surface area contributed by atoms with Gasteiger partial charge in [0.1, 0.15) is 0 Å². The Hall–Kier alpha value is -0.300. The Bertz CT molecular complexity index is 297. The van der Waals surface area contributed by atoms with Crippen molar-refractivity contribution in [3.05, 3.63) is 11.6 Å². The van der Waals surface area contributed by atoms with Crippen molar-refractivity contribution >= 4 is 0 Å². The van der Waals surface area contributed by atoms with Gasteiger partial charge in [0.25, 0.3) is 0 Å². The molecule has 0 bridgehead atoms. The van der Waals surface area contributed by atoms with Crippen molar-refractivity contribution in [2.24, 2.45) is 17.8 Å². The molecule has 1 heteroatoms. The second-order valence-corrected chi connectivity index (χ2v) is 7.33. The van der Waals surface area contributed by atoms with Gasteiger partial charge in [-0.3, -0.25) is 0 Å². The Kier molecular flexibility index (Phi) is 6.61. The maximum absolute atomic E-state index is 3.83. The zero-order chi connectivity index (χ0) is 14.4. The summed E-state index contributed by atoms with van der Waals surface area (Å²) in [6, 6.07) is 0.686. The highest BCUT2D eigenvalue weighted by Gasteiger charge is 2.30. The molecular formula is C19H35N. The smallest absolute Gasteiger partial charge is 0.0307 e. The lowest BCUT2D eigenvalue weighted by Gasteiger charge is -2.37. The van der Waals surface area contributed by atoms with E-state index in [1.54, 1.807) is 5.57 Å². The van der Waals surface area contributed by atoms with E-state index < -0.39 is 0 Å². The molecule has 0 saturated heterocycles. The molecule has 2 aliphatic carbocycles. The highest BCUT2D eigenvalue weighted by molar-refractivity contribution is 5.14. The van der Waals surface area contributed by atoms with Gasteiger partial charge in [-0.25, -0.2) is 0 Å². The molecule has 1 nitrogen and oxygen atoms in total. The summed E-state index contributed by atoms with van der Waals surface area (Å²) in [6.45, 7) is 8.19. The summed E-state index contributed by atoms with van der Waals surface area (Å²) in [5, 5.41) is 3.83. The lowest BCUT2D eigenvalue weighted by atomic mass is 9.73. The summed E-state index contributed by atoms with van der Waals surface area (Å²) < 4.78 is 0. The van der Waals surface area contributed by atoms with E-state index in [0.29, 0.717) is 6.04 Å². The largest absolute Gasteiger partial charge is 0.310 e. The molecule has 0 heterocycles. The fourth-order valence-corrected chi connectivity index (χ4v) is 4.29. The van der Waals surface area contributed by atoms with Crippen molar-refractivity contribution < 1.29 is 0 Å². The molecule has 0 radical (unpaired) electrons. The van der Waals surface area contributed by atoms with Gasteiger partial charge < -0.3 is 5.32 Å². The molecule has 0 amide bonds. The Morgan fingerprint density at radius 1 is 1.05 bits per heavy atom. The quantitative estimate of drug-likeness (QED) is 0.671. The maximum atomic E-state index is 3.83. The van der Waals surface area contributed by atoms with Crippen LogP contribution in [-0.2, 0) is 0 Å². The first-order valence-corrected chi connectivity index (χ1v) is 9.14. The Morgan fingerprint density at radius 3 is 2.40 bits per heavy atom. The highest BCUT2D eigenvalue weighted by atomic mass is 14.9. The third-order valence-electron chi connectivity index (χ3n) is 5.63. The Labute approximate surface area is 126 Å². The van der Waals surface area contributed by atoms with Gasteiger partial charge in [-0.15, -0.1) is 0 Å². The molecule has 1 saturated carbocycles. The van der Waals surface area contributed by atoms with Crippen molar-refractivity contribution in [3.8, 4) is 0 Å². The molecule has 0 aliphatic heterocycles. The minimum atomic E-state index is 0.686. The van der Waals surface area contributed by atoms with Gasteiger partial charge >= 0.3 is 0 Å². The van der Waals surface area contributed by atoms with Crippen LogP contribution in [0.4, 0.5) is 0 Å². The highest BCUT2D eigenvalue weighted by Crippen LogP contribution is 2.37. The second-order valence-electron chi connectivity index (χ2n) is 7.33. The van der Waals surface area contributed by atoms with Crippen molar-refractivity contribution in [1.82, 2.24) is 5.32 Å². The number of hydrogen-bond donors (Lipinski definition) is 1. The lowest BCUT2D eigenvalue weighted by molar-refractivity contribution is 0.199. The number of allylic oxidation sites excluding steroid dienone is 1. The monoisotopic (exact) mass is 277 g/mol. The average Bonchev–Trinajstić information content (AvgIpc) is 2.74. The molecule has 2 rings (SSSR count). The van der Waals surface area contributed by atoms with Gasteiger partial charge in [0, 0.05) is 6.04 Å². The molecule has 116 valence electrons. The van der Waals surface area contributed by atoms with Crippen LogP contribution in [0.5, 0.6) is 0 Å². The van der Waals surface area contributed by atoms with E-state index in [9.17, 15) is 0 Å². The first-order chi connectivity index (χ1) is 9.72. The number of nitrogens with one attached hydrogen (secondary N) is 1. The predicted octanol–water partition coefficient (Wildman–Crippen LogP) is 5.32. The minimum absolute atomic E-state index is 0.686. The van der Waals surface area contributed by atoms with E-state index >= 15 is 0 Å². The SMILES string of the molecule is CCNC(C1=CCCCCC1)C1CCC(C(C)C)CC1. The van der Waals surface area contributed by atoms with E-state index in [2.05, 4.69) is 32.2 Å². The van der Waals surface area contributed by atoms with Crippen LogP contribution in [0.25, 0.3) is 0 Å². The summed E-state index contributed by atoms with van der Waals surface area (Å²) in [5.74, 6) is 2.76. The van der Waals surface area contributed by atoms with Crippen molar-refractivity contribution in [1.29, 1.82) is 0 Å². The van der Waals surface area contributed by atoms with E-state index in [1.165, 1.54) is 57.8 Å². The molecule has 0 spiro atoms. The fraction of sp³-hybridized carbons (Fsp3) is 0.895.